The van der Waals surface area contributed by atoms with Gasteiger partial charge in [0.2, 0.25) is 0 Å². The first-order valence-electron chi connectivity index (χ1n) is 6.28. The molecule has 0 radical (unpaired) electrons. The molecule has 2 atom stereocenters. The number of hydrogen-bond donors (Lipinski definition) is 1. The first kappa shape index (κ1) is 13.3. The molecule has 1 saturated carbocycles. The summed E-state index contributed by atoms with van der Waals surface area (Å²) in [7, 11) is 0. The van der Waals surface area contributed by atoms with E-state index in [4.69, 9.17) is 4.74 Å². The first-order chi connectivity index (χ1) is 8.45. The van der Waals surface area contributed by atoms with E-state index in [0.29, 0.717) is 6.61 Å². The van der Waals surface area contributed by atoms with Crippen molar-refractivity contribution in [2.45, 2.75) is 39.3 Å². The number of benzene rings is 1. The smallest absolute Gasteiger partial charge is 0.146 e. The van der Waals surface area contributed by atoms with Gasteiger partial charge in [0.05, 0.1) is 11.8 Å². The van der Waals surface area contributed by atoms with E-state index in [-0.39, 0.29) is 23.2 Å². The molecule has 2 nitrogen and oxygen atoms in total. The van der Waals surface area contributed by atoms with Gasteiger partial charge in [-0.25, -0.2) is 8.78 Å². The van der Waals surface area contributed by atoms with Crippen LogP contribution in [0.5, 0.6) is 0 Å². The van der Waals surface area contributed by atoms with Crippen LogP contribution in [0.25, 0.3) is 0 Å². The zero-order chi connectivity index (χ0) is 13.3. The minimum atomic E-state index is -0.433. The number of nitrogens with one attached hydrogen (secondary N) is 1. The average molecular weight is 255 g/mol. The van der Waals surface area contributed by atoms with Gasteiger partial charge in [0.1, 0.15) is 11.6 Å². The molecular weight excluding hydrogens is 236 g/mol. The lowest BCUT2D eigenvalue weighted by Crippen LogP contribution is -2.58. The maximum atomic E-state index is 13.5. The third kappa shape index (κ3) is 2.34. The number of anilines is 1. The molecule has 1 fully saturated rings. The van der Waals surface area contributed by atoms with Crippen molar-refractivity contribution in [3.05, 3.63) is 29.8 Å². The third-order valence-electron chi connectivity index (χ3n) is 3.80. The van der Waals surface area contributed by atoms with Crippen molar-refractivity contribution < 1.29 is 13.5 Å². The summed E-state index contributed by atoms with van der Waals surface area (Å²) in [4.78, 5) is 0. The maximum absolute atomic E-state index is 13.5. The molecule has 2 rings (SSSR count). The zero-order valence-corrected chi connectivity index (χ0v) is 11.0. The van der Waals surface area contributed by atoms with Crippen LogP contribution in [-0.2, 0) is 4.74 Å². The standard InChI is InChI=1S/C14H19F2NO/c1-4-18-13-8-12(14(13,2)3)17-11-7-9(15)5-6-10(11)16/h5-7,12-13,17H,4,8H2,1-3H3. The SMILES string of the molecule is CCOC1CC(Nc2cc(F)ccc2F)C1(C)C. The number of halogens is 2. The Balaban J connectivity index is 2.05. The molecule has 0 bridgehead atoms. The van der Waals surface area contributed by atoms with Crippen LogP contribution >= 0.6 is 0 Å². The van der Waals surface area contributed by atoms with Crippen molar-refractivity contribution in [3.63, 3.8) is 0 Å². The molecule has 0 saturated heterocycles. The molecule has 0 aromatic heterocycles. The predicted octanol–water partition coefficient (Wildman–Crippen LogP) is 3.58. The Bertz CT molecular complexity index is 434. The van der Waals surface area contributed by atoms with E-state index in [1.165, 1.54) is 6.07 Å². The minimum absolute atomic E-state index is 0.0746. The number of hydrogen-bond acceptors (Lipinski definition) is 2. The van der Waals surface area contributed by atoms with Crippen molar-refractivity contribution in [2.24, 2.45) is 5.41 Å². The predicted molar refractivity (Wildman–Crippen MR) is 67.6 cm³/mol. The normalized spacial score (nSPS) is 25.6. The van der Waals surface area contributed by atoms with Gasteiger partial charge < -0.3 is 10.1 Å². The average Bonchev–Trinajstić information content (AvgIpc) is 2.32. The van der Waals surface area contributed by atoms with E-state index in [1.54, 1.807) is 0 Å². The second-order valence-corrected chi connectivity index (χ2v) is 5.32. The van der Waals surface area contributed by atoms with Crippen molar-refractivity contribution in [1.82, 2.24) is 0 Å². The van der Waals surface area contributed by atoms with Crippen LogP contribution in [0, 0.1) is 17.0 Å². The van der Waals surface area contributed by atoms with Crippen LogP contribution < -0.4 is 5.32 Å². The van der Waals surface area contributed by atoms with Crippen molar-refractivity contribution in [1.29, 1.82) is 0 Å². The highest BCUT2D eigenvalue weighted by Gasteiger charge is 2.49. The van der Waals surface area contributed by atoms with Gasteiger partial charge in [0.25, 0.3) is 0 Å². The molecule has 4 heteroatoms. The van der Waals surface area contributed by atoms with Crippen LogP contribution in [0.2, 0.25) is 0 Å². The van der Waals surface area contributed by atoms with Gasteiger partial charge >= 0.3 is 0 Å². The van der Waals surface area contributed by atoms with Gasteiger partial charge in [-0.15, -0.1) is 0 Å². The van der Waals surface area contributed by atoms with Gasteiger partial charge in [-0.3, -0.25) is 0 Å². The van der Waals surface area contributed by atoms with E-state index in [0.717, 1.165) is 18.6 Å². The van der Waals surface area contributed by atoms with Crippen molar-refractivity contribution in [2.75, 3.05) is 11.9 Å². The molecule has 1 aromatic carbocycles. The molecule has 1 aliphatic rings. The zero-order valence-electron chi connectivity index (χ0n) is 11.0. The lowest BCUT2D eigenvalue weighted by molar-refractivity contribution is -0.0976. The minimum Gasteiger partial charge on any atom is -0.379 e. The number of rotatable bonds is 4. The second kappa shape index (κ2) is 4.84. The highest BCUT2D eigenvalue weighted by Crippen LogP contribution is 2.44. The molecule has 1 aliphatic carbocycles. The fraction of sp³-hybridized carbons (Fsp3) is 0.571. The Morgan fingerprint density at radius 2 is 2.11 bits per heavy atom. The summed E-state index contributed by atoms with van der Waals surface area (Å²) < 4.78 is 32.2. The molecule has 1 aromatic rings. The van der Waals surface area contributed by atoms with Crippen LogP contribution in [0.1, 0.15) is 27.2 Å². The summed E-state index contributed by atoms with van der Waals surface area (Å²) in [5, 5.41) is 3.07. The quantitative estimate of drug-likeness (QED) is 0.888. The van der Waals surface area contributed by atoms with E-state index in [2.05, 4.69) is 19.2 Å². The Kier molecular flexibility index (Phi) is 3.57. The Morgan fingerprint density at radius 1 is 1.39 bits per heavy atom. The summed E-state index contributed by atoms with van der Waals surface area (Å²) in [6.45, 7) is 6.79. The Labute approximate surface area is 106 Å². The molecule has 0 amide bonds. The molecule has 2 unspecified atom stereocenters. The largest absolute Gasteiger partial charge is 0.379 e. The van der Waals surface area contributed by atoms with Gasteiger partial charge in [-0.2, -0.15) is 0 Å². The van der Waals surface area contributed by atoms with Gasteiger partial charge in [0, 0.05) is 18.1 Å². The van der Waals surface area contributed by atoms with E-state index < -0.39 is 11.6 Å². The fourth-order valence-electron chi connectivity index (χ4n) is 2.41. The molecule has 0 spiro atoms. The topological polar surface area (TPSA) is 21.3 Å². The monoisotopic (exact) mass is 255 g/mol. The van der Waals surface area contributed by atoms with Crippen molar-refractivity contribution >= 4 is 5.69 Å². The number of ether oxygens (including phenoxy) is 1. The van der Waals surface area contributed by atoms with Gasteiger partial charge in [-0.1, -0.05) is 13.8 Å². The lowest BCUT2D eigenvalue weighted by Gasteiger charge is -2.52. The van der Waals surface area contributed by atoms with Gasteiger partial charge in [0.15, 0.2) is 0 Å². The Hall–Kier alpha value is -1.16. The molecular formula is C14H19F2NO. The molecule has 0 heterocycles. The lowest BCUT2D eigenvalue weighted by atomic mass is 9.64. The van der Waals surface area contributed by atoms with Crippen LogP contribution in [0.3, 0.4) is 0 Å². The van der Waals surface area contributed by atoms with E-state index in [9.17, 15) is 8.78 Å². The first-order valence-corrected chi connectivity index (χ1v) is 6.28. The summed E-state index contributed by atoms with van der Waals surface area (Å²) in [5.74, 6) is -0.857. The van der Waals surface area contributed by atoms with Crippen molar-refractivity contribution in [3.8, 4) is 0 Å². The second-order valence-electron chi connectivity index (χ2n) is 5.32. The fourth-order valence-corrected chi connectivity index (χ4v) is 2.41. The highest BCUT2D eigenvalue weighted by atomic mass is 19.1. The summed E-state index contributed by atoms with van der Waals surface area (Å²) in [6, 6.07) is 3.56. The molecule has 1 N–H and O–H groups in total. The molecule has 18 heavy (non-hydrogen) atoms. The van der Waals surface area contributed by atoms with Crippen LogP contribution in [0.4, 0.5) is 14.5 Å². The molecule has 0 aliphatic heterocycles. The summed E-state index contributed by atoms with van der Waals surface area (Å²) in [5.41, 5.74) is 0.150. The summed E-state index contributed by atoms with van der Waals surface area (Å²) >= 11 is 0. The Morgan fingerprint density at radius 3 is 2.72 bits per heavy atom. The van der Waals surface area contributed by atoms with Crippen LogP contribution in [0.15, 0.2) is 18.2 Å². The maximum Gasteiger partial charge on any atom is 0.146 e. The van der Waals surface area contributed by atoms with E-state index >= 15 is 0 Å². The third-order valence-corrected chi connectivity index (χ3v) is 3.80. The van der Waals surface area contributed by atoms with E-state index in [1.807, 2.05) is 6.92 Å². The molecule has 100 valence electrons. The van der Waals surface area contributed by atoms with Crippen LogP contribution in [-0.4, -0.2) is 18.8 Å². The van der Waals surface area contributed by atoms with Gasteiger partial charge in [-0.05, 0) is 31.5 Å². The highest BCUT2D eigenvalue weighted by molar-refractivity contribution is 5.47. The summed E-state index contributed by atoms with van der Waals surface area (Å²) in [6.07, 6.45) is 0.994.